The van der Waals surface area contributed by atoms with Crippen LogP contribution in [0.25, 0.3) is 0 Å². The van der Waals surface area contributed by atoms with Gasteiger partial charge in [0.05, 0.1) is 11.5 Å². The standard InChI is InChI=1S/C16H24O3S/c1-12-7-9-15(10-8-12)20(17,18)19-11-14(3)16-6-4-5-13(16)2/h7-10,13-14,16H,4-6,11H2,1-3H3/t13-,14?,16+/m1/s1. The first kappa shape index (κ1) is 15.5. The molecule has 0 radical (unpaired) electrons. The Hall–Kier alpha value is -0.870. The van der Waals surface area contributed by atoms with Gasteiger partial charge in [0, 0.05) is 0 Å². The molecule has 2 rings (SSSR count). The smallest absolute Gasteiger partial charge is 0.266 e. The Morgan fingerprint density at radius 2 is 1.90 bits per heavy atom. The van der Waals surface area contributed by atoms with E-state index in [1.54, 1.807) is 24.3 Å². The predicted molar refractivity (Wildman–Crippen MR) is 80.0 cm³/mol. The molecule has 0 heterocycles. The van der Waals surface area contributed by atoms with Crippen molar-refractivity contribution in [1.29, 1.82) is 0 Å². The minimum atomic E-state index is -3.62. The zero-order valence-electron chi connectivity index (χ0n) is 12.5. The molecule has 0 spiro atoms. The summed E-state index contributed by atoms with van der Waals surface area (Å²) >= 11 is 0. The van der Waals surface area contributed by atoms with Gasteiger partial charge in [-0.05, 0) is 43.2 Å². The van der Waals surface area contributed by atoms with Gasteiger partial charge in [0.1, 0.15) is 0 Å². The van der Waals surface area contributed by atoms with Crippen molar-refractivity contribution < 1.29 is 12.6 Å². The molecule has 0 amide bonds. The summed E-state index contributed by atoms with van der Waals surface area (Å²) in [5.74, 6) is 1.55. The van der Waals surface area contributed by atoms with Gasteiger partial charge in [-0.25, -0.2) is 0 Å². The molecule has 1 aromatic rings. The van der Waals surface area contributed by atoms with Crippen LogP contribution in [0, 0.1) is 24.7 Å². The molecule has 0 aromatic heterocycles. The lowest BCUT2D eigenvalue weighted by molar-refractivity contribution is 0.189. The summed E-state index contributed by atoms with van der Waals surface area (Å²) in [6.45, 7) is 6.56. The SMILES string of the molecule is Cc1ccc(S(=O)(=O)OCC(C)[C@H]2CCC[C@H]2C)cc1. The van der Waals surface area contributed by atoms with Crippen LogP contribution in [0.15, 0.2) is 29.2 Å². The van der Waals surface area contributed by atoms with Crippen LogP contribution >= 0.6 is 0 Å². The van der Waals surface area contributed by atoms with Crippen molar-refractivity contribution in [2.45, 2.75) is 44.9 Å². The average molecular weight is 296 g/mol. The zero-order chi connectivity index (χ0) is 14.8. The minimum absolute atomic E-state index is 0.245. The summed E-state index contributed by atoms with van der Waals surface area (Å²) in [6.07, 6.45) is 3.69. The fraction of sp³-hybridized carbons (Fsp3) is 0.625. The third kappa shape index (κ3) is 3.61. The van der Waals surface area contributed by atoms with Crippen LogP contribution in [-0.4, -0.2) is 15.0 Å². The predicted octanol–water partition coefficient (Wildman–Crippen LogP) is 3.77. The van der Waals surface area contributed by atoms with Crippen LogP contribution < -0.4 is 0 Å². The first-order valence-corrected chi connectivity index (χ1v) is 8.77. The topological polar surface area (TPSA) is 43.4 Å². The van der Waals surface area contributed by atoms with E-state index in [0.29, 0.717) is 11.8 Å². The molecule has 4 heteroatoms. The van der Waals surface area contributed by atoms with Gasteiger partial charge in [0.15, 0.2) is 0 Å². The molecule has 3 nitrogen and oxygen atoms in total. The van der Waals surface area contributed by atoms with Crippen molar-refractivity contribution in [2.24, 2.45) is 17.8 Å². The van der Waals surface area contributed by atoms with Crippen molar-refractivity contribution >= 4 is 10.1 Å². The maximum absolute atomic E-state index is 12.1. The molecule has 3 atom stereocenters. The monoisotopic (exact) mass is 296 g/mol. The molecule has 0 aliphatic heterocycles. The number of hydrogen-bond donors (Lipinski definition) is 0. The van der Waals surface area contributed by atoms with Gasteiger partial charge in [-0.3, -0.25) is 4.18 Å². The molecule has 0 saturated heterocycles. The van der Waals surface area contributed by atoms with Crippen molar-refractivity contribution in [2.75, 3.05) is 6.61 Å². The van der Waals surface area contributed by atoms with E-state index in [0.717, 1.165) is 5.56 Å². The van der Waals surface area contributed by atoms with E-state index in [-0.39, 0.29) is 17.4 Å². The maximum atomic E-state index is 12.1. The summed E-state index contributed by atoms with van der Waals surface area (Å²) in [6, 6.07) is 6.79. The second-order valence-electron chi connectivity index (χ2n) is 6.10. The maximum Gasteiger partial charge on any atom is 0.296 e. The van der Waals surface area contributed by atoms with Crippen LogP contribution in [0.2, 0.25) is 0 Å². The third-order valence-electron chi connectivity index (χ3n) is 4.45. The number of benzene rings is 1. The van der Waals surface area contributed by atoms with E-state index in [1.165, 1.54) is 19.3 Å². The lowest BCUT2D eigenvalue weighted by atomic mass is 9.87. The van der Waals surface area contributed by atoms with E-state index in [4.69, 9.17) is 4.18 Å². The lowest BCUT2D eigenvalue weighted by Crippen LogP contribution is -2.21. The highest BCUT2D eigenvalue weighted by Crippen LogP contribution is 2.36. The number of hydrogen-bond acceptors (Lipinski definition) is 3. The second-order valence-corrected chi connectivity index (χ2v) is 7.72. The largest absolute Gasteiger partial charge is 0.296 e. The molecule has 1 aliphatic rings. The summed E-state index contributed by atoms with van der Waals surface area (Å²) in [5.41, 5.74) is 1.04. The van der Waals surface area contributed by atoms with Gasteiger partial charge in [0.25, 0.3) is 10.1 Å². The van der Waals surface area contributed by atoms with Gasteiger partial charge >= 0.3 is 0 Å². The Labute approximate surface area is 122 Å². The first-order chi connectivity index (χ1) is 9.40. The van der Waals surface area contributed by atoms with Crippen LogP contribution in [0.4, 0.5) is 0 Å². The summed E-state index contributed by atoms with van der Waals surface area (Å²) in [4.78, 5) is 0.245. The van der Waals surface area contributed by atoms with Gasteiger partial charge in [0.2, 0.25) is 0 Å². The highest BCUT2D eigenvalue weighted by molar-refractivity contribution is 7.86. The lowest BCUT2D eigenvalue weighted by Gasteiger charge is -2.22. The molecule has 0 N–H and O–H groups in total. The zero-order valence-corrected chi connectivity index (χ0v) is 13.3. The van der Waals surface area contributed by atoms with Crippen molar-refractivity contribution in [1.82, 2.24) is 0 Å². The number of rotatable bonds is 5. The fourth-order valence-corrected chi connectivity index (χ4v) is 4.11. The Morgan fingerprint density at radius 1 is 1.25 bits per heavy atom. The minimum Gasteiger partial charge on any atom is -0.266 e. The quantitative estimate of drug-likeness (QED) is 0.777. The Kier molecular flexibility index (Phi) is 4.86. The van der Waals surface area contributed by atoms with E-state index >= 15 is 0 Å². The number of aryl methyl sites for hydroxylation is 1. The van der Waals surface area contributed by atoms with Crippen molar-refractivity contribution in [3.63, 3.8) is 0 Å². The van der Waals surface area contributed by atoms with Gasteiger partial charge in [-0.15, -0.1) is 0 Å². The van der Waals surface area contributed by atoms with E-state index < -0.39 is 10.1 Å². The Bertz CT molecular complexity index is 533. The van der Waals surface area contributed by atoms with E-state index in [2.05, 4.69) is 13.8 Å². The van der Waals surface area contributed by atoms with Crippen LogP contribution in [0.5, 0.6) is 0 Å². The van der Waals surface area contributed by atoms with Crippen LogP contribution in [0.1, 0.15) is 38.7 Å². The molecular formula is C16H24O3S. The Morgan fingerprint density at radius 3 is 2.45 bits per heavy atom. The molecule has 20 heavy (non-hydrogen) atoms. The first-order valence-electron chi connectivity index (χ1n) is 7.36. The van der Waals surface area contributed by atoms with Crippen molar-refractivity contribution in [3.8, 4) is 0 Å². The molecule has 1 aliphatic carbocycles. The highest BCUT2D eigenvalue weighted by atomic mass is 32.2. The molecule has 1 unspecified atom stereocenters. The molecular weight excluding hydrogens is 272 g/mol. The normalized spacial score (nSPS) is 24.8. The Balaban J connectivity index is 1.97. The molecule has 1 aromatic carbocycles. The van der Waals surface area contributed by atoms with Crippen molar-refractivity contribution in [3.05, 3.63) is 29.8 Å². The van der Waals surface area contributed by atoms with Gasteiger partial charge in [-0.1, -0.05) is 44.4 Å². The highest BCUT2D eigenvalue weighted by Gasteiger charge is 2.29. The molecule has 1 fully saturated rings. The summed E-state index contributed by atoms with van der Waals surface area (Å²) < 4.78 is 29.5. The summed E-state index contributed by atoms with van der Waals surface area (Å²) in [5, 5.41) is 0. The fourth-order valence-electron chi connectivity index (χ4n) is 3.11. The van der Waals surface area contributed by atoms with E-state index in [1.807, 2.05) is 6.92 Å². The molecule has 1 saturated carbocycles. The average Bonchev–Trinajstić information content (AvgIpc) is 2.83. The third-order valence-corrected chi connectivity index (χ3v) is 5.75. The second kappa shape index (κ2) is 6.27. The molecule has 0 bridgehead atoms. The molecule has 112 valence electrons. The van der Waals surface area contributed by atoms with Crippen LogP contribution in [0.3, 0.4) is 0 Å². The van der Waals surface area contributed by atoms with Gasteiger partial charge < -0.3 is 0 Å². The van der Waals surface area contributed by atoms with Gasteiger partial charge in [-0.2, -0.15) is 8.42 Å². The summed E-state index contributed by atoms with van der Waals surface area (Å²) in [7, 11) is -3.62. The van der Waals surface area contributed by atoms with E-state index in [9.17, 15) is 8.42 Å². The van der Waals surface area contributed by atoms with Crippen LogP contribution in [-0.2, 0) is 14.3 Å².